The van der Waals surface area contributed by atoms with Crippen LogP contribution >= 0.6 is 11.3 Å². The number of fused-ring (bicyclic) bond motifs is 2. The zero-order valence-corrected chi connectivity index (χ0v) is 17.9. The number of thiophene rings is 1. The molecule has 0 fully saturated rings. The van der Waals surface area contributed by atoms with Gasteiger partial charge in [-0.3, -0.25) is 4.98 Å². The van der Waals surface area contributed by atoms with Crippen LogP contribution in [0.25, 0.3) is 37.5 Å². The fraction of sp³-hybridized carbons (Fsp3) is 0.115. The van der Waals surface area contributed by atoms with Crippen molar-refractivity contribution >= 4 is 38.4 Å². The molecule has 0 aliphatic rings. The fourth-order valence-electron chi connectivity index (χ4n) is 3.85. The molecule has 31 heavy (non-hydrogen) atoms. The lowest BCUT2D eigenvalue weighted by molar-refractivity contribution is 0.287. The molecule has 0 aliphatic heterocycles. The van der Waals surface area contributed by atoms with Crippen LogP contribution in [0.2, 0.25) is 0 Å². The van der Waals surface area contributed by atoms with Crippen molar-refractivity contribution in [3.05, 3.63) is 90.9 Å². The Bertz CT molecular complexity index is 1330. The topological polar surface area (TPSA) is 63.9 Å². The maximum atomic E-state index is 6.39. The minimum atomic E-state index is -0.119. The normalized spacial score (nSPS) is 12.3. The lowest BCUT2D eigenvalue weighted by atomic mass is 10.1. The number of hydrogen-bond donors (Lipinski definition) is 2. The summed E-state index contributed by atoms with van der Waals surface area (Å²) < 4.78 is 7.29. The zero-order chi connectivity index (χ0) is 21.2. The highest BCUT2D eigenvalue weighted by molar-refractivity contribution is 7.22. The second kappa shape index (κ2) is 8.38. The van der Waals surface area contributed by atoms with Gasteiger partial charge in [-0.25, -0.2) is 0 Å². The Balaban J connectivity index is 1.33. The number of H-pyrrole nitrogens is 1. The molecule has 3 N–H and O–H groups in total. The van der Waals surface area contributed by atoms with Gasteiger partial charge >= 0.3 is 0 Å². The molecule has 5 rings (SSSR count). The molecule has 0 unspecified atom stereocenters. The molecule has 3 heterocycles. The van der Waals surface area contributed by atoms with E-state index in [4.69, 9.17) is 10.5 Å². The van der Waals surface area contributed by atoms with Crippen molar-refractivity contribution in [1.29, 1.82) is 0 Å². The summed E-state index contributed by atoms with van der Waals surface area (Å²) in [6, 6.07) is 20.7. The maximum Gasteiger partial charge on any atom is 0.138 e. The average Bonchev–Trinajstić information content (AvgIpc) is 3.42. The lowest BCUT2D eigenvalue weighted by Gasteiger charge is -2.14. The number of nitrogens with zero attached hydrogens (tertiary/aromatic N) is 1. The van der Waals surface area contributed by atoms with E-state index in [-0.39, 0.29) is 6.04 Å². The molecule has 154 valence electrons. The maximum absolute atomic E-state index is 6.39. The Kier molecular flexibility index (Phi) is 5.28. The van der Waals surface area contributed by atoms with Gasteiger partial charge in [0.25, 0.3) is 0 Å². The third kappa shape index (κ3) is 3.98. The van der Waals surface area contributed by atoms with E-state index in [1.54, 1.807) is 23.6 Å². The monoisotopic (exact) mass is 425 g/mol. The van der Waals surface area contributed by atoms with Crippen molar-refractivity contribution < 1.29 is 4.74 Å². The summed E-state index contributed by atoms with van der Waals surface area (Å²) in [5.74, 6) is 0.715. The van der Waals surface area contributed by atoms with Crippen LogP contribution in [-0.4, -0.2) is 22.6 Å². The molecule has 5 aromatic rings. The largest absolute Gasteiger partial charge is 0.490 e. The molecule has 5 heteroatoms. The molecule has 0 spiro atoms. The Morgan fingerprint density at radius 1 is 1.13 bits per heavy atom. The molecule has 2 aromatic carbocycles. The van der Waals surface area contributed by atoms with Crippen LogP contribution in [0.5, 0.6) is 5.75 Å². The van der Waals surface area contributed by atoms with E-state index in [0.717, 1.165) is 28.1 Å². The van der Waals surface area contributed by atoms with Gasteiger partial charge in [0.15, 0.2) is 0 Å². The predicted octanol–water partition coefficient (Wildman–Crippen LogP) is 6.04. The van der Waals surface area contributed by atoms with Gasteiger partial charge in [-0.2, -0.15) is 0 Å². The highest BCUT2D eigenvalue weighted by Gasteiger charge is 2.13. The van der Waals surface area contributed by atoms with Crippen LogP contribution in [-0.2, 0) is 6.42 Å². The van der Waals surface area contributed by atoms with Gasteiger partial charge in [-0.05, 0) is 47.7 Å². The van der Waals surface area contributed by atoms with Gasteiger partial charge in [0.05, 0.1) is 11.9 Å². The van der Waals surface area contributed by atoms with E-state index in [1.807, 2.05) is 24.4 Å². The number of hydrogen-bond acceptors (Lipinski definition) is 4. The summed E-state index contributed by atoms with van der Waals surface area (Å²) in [5, 5.41) is 2.44. The van der Waals surface area contributed by atoms with Crippen LogP contribution in [0.4, 0.5) is 0 Å². The molecule has 0 radical (unpaired) electrons. The van der Waals surface area contributed by atoms with Crippen LogP contribution < -0.4 is 10.5 Å². The second-order valence-corrected chi connectivity index (χ2v) is 8.67. The first-order valence-electron chi connectivity index (χ1n) is 10.3. The Morgan fingerprint density at radius 2 is 1.97 bits per heavy atom. The van der Waals surface area contributed by atoms with Gasteiger partial charge in [0.1, 0.15) is 12.4 Å². The van der Waals surface area contributed by atoms with Gasteiger partial charge in [-0.15, -0.1) is 11.3 Å². The van der Waals surface area contributed by atoms with Crippen molar-refractivity contribution in [2.75, 3.05) is 6.61 Å². The SMILES string of the molecule is C=Cc1ncc(OC[C@@H](N)Cc2c[nH]c3ccccc23)cc1-c1cc2ccccc2s1. The van der Waals surface area contributed by atoms with E-state index >= 15 is 0 Å². The minimum absolute atomic E-state index is 0.119. The number of nitrogens with one attached hydrogen (secondary N) is 1. The number of para-hydroxylation sites is 1. The van der Waals surface area contributed by atoms with Gasteiger partial charge in [0.2, 0.25) is 0 Å². The summed E-state index contributed by atoms with van der Waals surface area (Å²) in [4.78, 5) is 9.01. The lowest BCUT2D eigenvalue weighted by Crippen LogP contribution is -2.30. The summed E-state index contributed by atoms with van der Waals surface area (Å²) in [6.45, 7) is 4.34. The van der Waals surface area contributed by atoms with E-state index in [0.29, 0.717) is 12.4 Å². The van der Waals surface area contributed by atoms with Crippen molar-refractivity contribution in [1.82, 2.24) is 9.97 Å². The number of benzene rings is 2. The van der Waals surface area contributed by atoms with E-state index in [2.05, 4.69) is 59.0 Å². The highest BCUT2D eigenvalue weighted by Crippen LogP contribution is 2.36. The Labute approximate surface area is 185 Å². The standard InChI is InChI=1S/C26H23N3OS/c1-2-23-22(26-12-17-7-3-6-10-25(17)31-26)13-20(15-29-23)30-16-19(27)11-18-14-28-24-9-5-4-8-21(18)24/h2-10,12-15,19,28H,1,11,16,27H2/t19-/m0/s1. The summed E-state index contributed by atoms with van der Waals surface area (Å²) >= 11 is 1.75. The van der Waals surface area contributed by atoms with E-state index in [9.17, 15) is 0 Å². The van der Waals surface area contributed by atoms with Crippen LogP contribution in [0.15, 0.2) is 79.6 Å². The Hall–Kier alpha value is -3.41. The number of ether oxygens (including phenoxy) is 1. The quantitative estimate of drug-likeness (QED) is 0.334. The smallest absolute Gasteiger partial charge is 0.138 e. The predicted molar refractivity (Wildman–Crippen MR) is 131 cm³/mol. The van der Waals surface area contributed by atoms with Crippen LogP contribution in [0.3, 0.4) is 0 Å². The number of aromatic amines is 1. The van der Waals surface area contributed by atoms with Crippen molar-refractivity contribution in [2.45, 2.75) is 12.5 Å². The molecular weight excluding hydrogens is 402 g/mol. The summed E-state index contributed by atoms with van der Waals surface area (Å²) in [6.07, 6.45) is 6.30. The van der Waals surface area contributed by atoms with Gasteiger partial charge in [0, 0.05) is 38.3 Å². The van der Waals surface area contributed by atoms with Crippen LogP contribution in [0.1, 0.15) is 11.3 Å². The van der Waals surface area contributed by atoms with Gasteiger partial charge in [-0.1, -0.05) is 43.0 Å². The number of pyridine rings is 1. The number of rotatable bonds is 7. The number of aromatic nitrogens is 2. The first kappa shape index (κ1) is 19.5. The minimum Gasteiger partial charge on any atom is -0.490 e. The van der Waals surface area contributed by atoms with Crippen molar-refractivity contribution in [3.8, 4) is 16.2 Å². The molecule has 4 nitrogen and oxygen atoms in total. The molecule has 1 atom stereocenters. The van der Waals surface area contributed by atoms with Crippen molar-refractivity contribution in [2.24, 2.45) is 5.73 Å². The Morgan fingerprint density at radius 3 is 2.84 bits per heavy atom. The van der Waals surface area contributed by atoms with E-state index in [1.165, 1.54) is 21.0 Å². The number of nitrogens with two attached hydrogens (primary N) is 1. The molecule has 0 saturated carbocycles. The van der Waals surface area contributed by atoms with Gasteiger partial charge < -0.3 is 15.5 Å². The molecule has 3 aromatic heterocycles. The first-order valence-corrected chi connectivity index (χ1v) is 11.1. The molecular formula is C26H23N3OS. The average molecular weight is 426 g/mol. The molecule has 0 bridgehead atoms. The third-order valence-electron chi connectivity index (χ3n) is 5.40. The second-order valence-electron chi connectivity index (χ2n) is 7.59. The molecule has 0 amide bonds. The summed E-state index contributed by atoms with van der Waals surface area (Å²) in [7, 11) is 0. The third-order valence-corrected chi connectivity index (χ3v) is 6.55. The first-order chi connectivity index (χ1) is 15.2. The summed E-state index contributed by atoms with van der Waals surface area (Å²) in [5.41, 5.74) is 10.6. The zero-order valence-electron chi connectivity index (χ0n) is 17.0. The van der Waals surface area contributed by atoms with Crippen LogP contribution in [0, 0.1) is 0 Å². The highest BCUT2D eigenvalue weighted by atomic mass is 32.1. The fourth-order valence-corrected chi connectivity index (χ4v) is 4.94. The molecule has 0 aliphatic carbocycles. The molecule has 0 saturated heterocycles. The van der Waals surface area contributed by atoms with E-state index < -0.39 is 0 Å². The van der Waals surface area contributed by atoms with Crippen molar-refractivity contribution in [3.63, 3.8) is 0 Å².